The van der Waals surface area contributed by atoms with Crippen LogP contribution in [-0.2, 0) is 19.6 Å². The second-order valence-corrected chi connectivity index (χ2v) is 12.7. The molecule has 0 spiro atoms. The molecule has 3 aromatic carbocycles. The standard InChI is InChI=1S/C30H35N3O6S.C2HF3O2/c1-37-23-10-7-11-25(18-23)40(35,36)33-20-26(22-8-5-4-6-9-22)27(21-33)30(34)32-16-14-31(15-17-32)28-19-24(38-2)12-13-29(28)39-3;3-2(4,5)1(6)7/h4-13,18-19,26-27H,14-17,20-21H2,1-3H3;(H,6,7)/t26-,27+;/m0./s1. The number of rotatable bonds is 8. The molecule has 2 atom stereocenters. The lowest BCUT2D eigenvalue weighted by atomic mass is 9.88. The summed E-state index contributed by atoms with van der Waals surface area (Å²) >= 11 is 0. The molecule has 2 saturated heterocycles. The number of carboxylic acids is 1. The molecule has 2 fully saturated rings. The number of amides is 1. The summed E-state index contributed by atoms with van der Waals surface area (Å²) in [6.07, 6.45) is -5.08. The van der Waals surface area contributed by atoms with Crippen molar-refractivity contribution in [3.63, 3.8) is 0 Å². The number of alkyl halides is 3. The minimum absolute atomic E-state index is 0.0190. The fourth-order valence-electron chi connectivity index (χ4n) is 5.61. The molecule has 0 aliphatic carbocycles. The van der Waals surface area contributed by atoms with Crippen molar-refractivity contribution >= 4 is 27.6 Å². The van der Waals surface area contributed by atoms with Crippen molar-refractivity contribution < 1.29 is 50.5 Å². The van der Waals surface area contributed by atoms with Gasteiger partial charge in [-0.3, -0.25) is 4.79 Å². The number of carbonyl (C=O) groups is 2. The first kappa shape index (κ1) is 35.4. The van der Waals surface area contributed by atoms with E-state index in [1.54, 1.807) is 32.4 Å². The molecule has 0 unspecified atom stereocenters. The third kappa shape index (κ3) is 8.27. The maximum atomic E-state index is 14.0. The number of benzene rings is 3. The number of carbonyl (C=O) groups excluding carboxylic acids is 1. The molecule has 0 bridgehead atoms. The van der Waals surface area contributed by atoms with Gasteiger partial charge in [-0.05, 0) is 29.8 Å². The van der Waals surface area contributed by atoms with Crippen molar-refractivity contribution in [2.24, 2.45) is 5.92 Å². The predicted molar refractivity (Wildman–Crippen MR) is 166 cm³/mol. The number of carboxylic acid groups (broad SMARTS) is 1. The van der Waals surface area contributed by atoms with E-state index in [9.17, 15) is 26.4 Å². The molecule has 3 aromatic rings. The highest BCUT2D eigenvalue weighted by molar-refractivity contribution is 7.89. The van der Waals surface area contributed by atoms with Crippen molar-refractivity contribution in [2.75, 3.05) is 65.5 Å². The number of halogens is 3. The molecule has 2 aliphatic rings. The molecular weight excluding hydrogens is 643 g/mol. The van der Waals surface area contributed by atoms with E-state index in [-0.39, 0.29) is 29.8 Å². The van der Waals surface area contributed by atoms with Crippen LogP contribution >= 0.6 is 0 Å². The Morgan fingerprint density at radius 3 is 2.00 bits per heavy atom. The molecule has 2 aliphatic heterocycles. The van der Waals surface area contributed by atoms with Crippen LogP contribution in [0.25, 0.3) is 0 Å². The van der Waals surface area contributed by atoms with Crippen molar-refractivity contribution in [3.05, 3.63) is 78.4 Å². The predicted octanol–water partition coefficient (Wildman–Crippen LogP) is 4.10. The largest absolute Gasteiger partial charge is 0.497 e. The van der Waals surface area contributed by atoms with Crippen LogP contribution in [0.3, 0.4) is 0 Å². The van der Waals surface area contributed by atoms with E-state index in [1.165, 1.54) is 17.5 Å². The molecule has 2 heterocycles. The van der Waals surface area contributed by atoms with Gasteiger partial charge in [0.15, 0.2) is 0 Å². The highest BCUT2D eigenvalue weighted by Gasteiger charge is 2.45. The first-order valence-electron chi connectivity index (χ1n) is 14.5. The number of methoxy groups -OCH3 is 3. The normalized spacial score (nSPS) is 18.6. The molecule has 254 valence electrons. The number of piperazine rings is 1. The van der Waals surface area contributed by atoms with Crippen LogP contribution in [0.15, 0.2) is 77.7 Å². The molecule has 5 rings (SSSR count). The first-order valence-corrected chi connectivity index (χ1v) is 16.0. The number of nitrogens with zero attached hydrogens (tertiary/aromatic N) is 3. The Labute approximate surface area is 271 Å². The minimum Gasteiger partial charge on any atom is -0.497 e. The quantitative estimate of drug-likeness (QED) is 0.375. The molecule has 15 heteroatoms. The van der Waals surface area contributed by atoms with E-state index < -0.39 is 28.1 Å². The second-order valence-electron chi connectivity index (χ2n) is 10.8. The molecular formula is C32H36F3N3O8S. The van der Waals surface area contributed by atoms with Gasteiger partial charge in [0.2, 0.25) is 15.9 Å². The minimum atomic E-state index is -5.08. The lowest BCUT2D eigenvalue weighted by Gasteiger charge is -2.38. The summed E-state index contributed by atoms with van der Waals surface area (Å²) in [6.45, 7) is 2.68. The molecule has 47 heavy (non-hydrogen) atoms. The SMILES string of the molecule is COc1cccc(S(=O)(=O)N2C[C@@H](C(=O)N3CCN(c4cc(OC)ccc4OC)CC3)[C@H](c3ccccc3)C2)c1.O=C(O)C(F)(F)F. The third-order valence-corrected chi connectivity index (χ3v) is 9.90. The van der Waals surface area contributed by atoms with Crippen LogP contribution in [-0.4, -0.2) is 101 Å². The number of sulfonamides is 1. The van der Waals surface area contributed by atoms with Gasteiger partial charge in [0.1, 0.15) is 17.2 Å². The Hall–Kier alpha value is -4.50. The zero-order valence-corrected chi connectivity index (χ0v) is 26.8. The maximum Gasteiger partial charge on any atom is 0.490 e. The van der Waals surface area contributed by atoms with Gasteiger partial charge < -0.3 is 29.1 Å². The maximum absolute atomic E-state index is 14.0. The molecule has 0 aromatic heterocycles. The summed E-state index contributed by atoms with van der Waals surface area (Å²) in [5, 5.41) is 7.12. The van der Waals surface area contributed by atoms with Crippen molar-refractivity contribution in [1.29, 1.82) is 0 Å². The van der Waals surface area contributed by atoms with E-state index in [1.807, 2.05) is 53.4 Å². The number of hydrogen-bond acceptors (Lipinski definition) is 8. The average Bonchev–Trinajstić information content (AvgIpc) is 3.54. The van der Waals surface area contributed by atoms with Gasteiger partial charge in [0, 0.05) is 57.3 Å². The van der Waals surface area contributed by atoms with E-state index in [2.05, 4.69) is 4.90 Å². The Morgan fingerprint density at radius 2 is 1.43 bits per heavy atom. The summed E-state index contributed by atoms with van der Waals surface area (Å²) in [6, 6.07) is 21.9. The van der Waals surface area contributed by atoms with Gasteiger partial charge in [0.25, 0.3) is 0 Å². The summed E-state index contributed by atoms with van der Waals surface area (Å²) in [5.74, 6) is -1.55. The Bertz CT molecular complexity index is 1650. The fourth-order valence-corrected chi connectivity index (χ4v) is 7.14. The first-order chi connectivity index (χ1) is 22.3. The number of hydrogen-bond donors (Lipinski definition) is 1. The number of ether oxygens (including phenoxy) is 3. The van der Waals surface area contributed by atoms with E-state index in [4.69, 9.17) is 24.1 Å². The van der Waals surface area contributed by atoms with Gasteiger partial charge in [0.05, 0.1) is 37.8 Å². The van der Waals surface area contributed by atoms with Crippen molar-refractivity contribution in [3.8, 4) is 17.2 Å². The fraction of sp³-hybridized carbons (Fsp3) is 0.375. The van der Waals surface area contributed by atoms with Crippen molar-refractivity contribution in [2.45, 2.75) is 17.0 Å². The van der Waals surface area contributed by atoms with Crippen LogP contribution < -0.4 is 19.1 Å². The molecule has 0 radical (unpaired) electrons. The Morgan fingerprint density at radius 1 is 0.809 bits per heavy atom. The highest BCUT2D eigenvalue weighted by Crippen LogP contribution is 2.38. The summed E-state index contributed by atoms with van der Waals surface area (Å²) < 4.78 is 76.7. The molecule has 11 nitrogen and oxygen atoms in total. The molecule has 1 N–H and O–H groups in total. The smallest absolute Gasteiger partial charge is 0.490 e. The summed E-state index contributed by atoms with van der Waals surface area (Å²) in [7, 11) is 0.955. The van der Waals surface area contributed by atoms with Gasteiger partial charge in [-0.25, -0.2) is 13.2 Å². The van der Waals surface area contributed by atoms with E-state index in [0.29, 0.717) is 31.9 Å². The highest BCUT2D eigenvalue weighted by atomic mass is 32.2. The van der Waals surface area contributed by atoms with Crippen molar-refractivity contribution in [1.82, 2.24) is 9.21 Å². The Kier molecular flexibility index (Phi) is 11.2. The van der Waals surface area contributed by atoms with E-state index in [0.717, 1.165) is 22.7 Å². The van der Waals surface area contributed by atoms with Gasteiger partial charge in [-0.15, -0.1) is 0 Å². The third-order valence-electron chi connectivity index (χ3n) is 8.07. The number of anilines is 1. The van der Waals surface area contributed by atoms with Gasteiger partial charge in [-0.2, -0.15) is 17.5 Å². The van der Waals surface area contributed by atoms with Crippen LogP contribution in [0.5, 0.6) is 17.2 Å². The second kappa shape index (κ2) is 14.9. The summed E-state index contributed by atoms with van der Waals surface area (Å²) in [5.41, 5.74) is 1.89. The average molecular weight is 680 g/mol. The van der Waals surface area contributed by atoms with Crippen LogP contribution in [0.4, 0.5) is 18.9 Å². The monoisotopic (exact) mass is 679 g/mol. The van der Waals surface area contributed by atoms with Gasteiger partial charge >= 0.3 is 12.1 Å². The molecule has 1 amide bonds. The lowest BCUT2D eigenvalue weighted by Crippen LogP contribution is -2.51. The molecule has 0 saturated carbocycles. The zero-order chi connectivity index (χ0) is 34.4. The van der Waals surface area contributed by atoms with E-state index >= 15 is 0 Å². The summed E-state index contributed by atoms with van der Waals surface area (Å²) in [4.78, 5) is 27.1. The van der Waals surface area contributed by atoms with Gasteiger partial charge in [-0.1, -0.05) is 36.4 Å². The topological polar surface area (TPSA) is 126 Å². The van der Waals surface area contributed by atoms with Crippen LogP contribution in [0.1, 0.15) is 11.5 Å². The van der Waals surface area contributed by atoms with Crippen LogP contribution in [0, 0.1) is 5.92 Å². The Balaban J connectivity index is 0.000000644. The zero-order valence-electron chi connectivity index (χ0n) is 26.0. The number of aliphatic carboxylic acids is 1. The van der Waals surface area contributed by atoms with Crippen LogP contribution in [0.2, 0.25) is 0 Å². The lowest BCUT2D eigenvalue weighted by molar-refractivity contribution is -0.192.